The van der Waals surface area contributed by atoms with E-state index >= 15 is 0 Å². The van der Waals surface area contributed by atoms with Crippen LogP contribution >= 0.6 is 0 Å². The maximum atomic E-state index is 2.66. The molecule has 25 heavy (non-hydrogen) atoms. The highest BCUT2D eigenvalue weighted by Gasteiger charge is 2.87. The first-order chi connectivity index (χ1) is 10.8. The van der Waals surface area contributed by atoms with E-state index in [2.05, 4.69) is 96.9 Å². The molecule has 0 aromatic carbocycles. The minimum Gasteiger partial charge on any atom is -0.0676 e. The second kappa shape index (κ2) is 4.10. The van der Waals surface area contributed by atoms with Gasteiger partial charge in [0.05, 0.1) is 0 Å². The molecule has 0 aliphatic heterocycles. The van der Waals surface area contributed by atoms with Gasteiger partial charge in [-0.25, -0.2) is 0 Å². The van der Waals surface area contributed by atoms with Crippen molar-refractivity contribution in [3.8, 4) is 0 Å². The van der Waals surface area contributed by atoms with Crippen molar-refractivity contribution in [1.29, 1.82) is 0 Å². The highest BCUT2D eigenvalue weighted by atomic mass is 14.9. The maximum absolute atomic E-state index is 2.66. The third kappa shape index (κ3) is 1.28. The first kappa shape index (κ1) is 19.5. The van der Waals surface area contributed by atoms with Crippen molar-refractivity contribution < 1.29 is 0 Å². The summed E-state index contributed by atoms with van der Waals surface area (Å²) in [7, 11) is 0. The Morgan fingerprint density at radius 2 is 0.960 bits per heavy atom. The molecule has 3 bridgehead atoms. The largest absolute Gasteiger partial charge is 0.0676 e. The minimum absolute atomic E-state index is 0.197. The monoisotopic (exact) mass is 344 g/mol. The van der Waals surface area contributed by atoms with Gasteiger partial charge in [-0.1, -0.05) is 94.2 Å². The van der Waals surface area contributed by atoms with Gasteiger partial charge >= 0.3 is 0 Å². The summed E-state index contributed by atoms with van der Waals surface area (Å²) in [4.78, 5) is 0. The average Bonchev–Trinajstić information content (AvgIpc) is 2.57. The Hall–Kier alpha value is -0.260. The van der Waals surface area contributed by atoms with Crippen molar-refractivity contribution in [1.82, 2.24) is 0 Å². The van der Waals surface area contributed by atoms with E-state index in [0.717, 1.165) is 0 Å². The van der Waals surface area contributed by atoms with Gasteiger partial charge in [0.2, 0.25) is 0 Å². The van der Waals surface area contributed by atoms with Gasteiger partial charge < -0.3 is 0 Å². The second-order valence-corrected chi connectivity index (χ2v) is 12.8. The Morgan fingerprint density at radius 3 is 1.40 bits per heavy atom. The van der Waals surface area contributed by atoms with Gasteiger partial charge in [0.25, 0.3) is 0 Å². The van der Waals surface area contributed by atoms with Crippen molar-refractivity contribution >= 4 is 0 Å². The van der Waals surface area contributed by atoms with Crippen LogP contribution in [0.5, 0.6) is 0 Å². The molecule has 4 unspecified atom stereocenters. The van der Waals surface area contributed by atoms with Gasteiger partial charge in [0.1, 0.15) is 0 Å². The summed E-state index contributed by atoms with van der Waals surface area (Å²) < 4.78 is 0. The summed E-state index contributed by atoms with van der Waals surface area (Å²) >= 11 is 0. The van der Waals surface area contributed by atoms with Gasteiger partial charge in [-0.2, -0.15) is 0 Å². The SMILES string of the molecule is CC1=C(C)C2(C)C(C)(C)C(C)(C)C3(C)C(C)(C)C2(C)CC3(C)C1(C)C. The number of fused-ring (bicyclic) bond motifs is 3. The molecular weight excluding hydrogens is 300 g/mol. The molecule has 0 heteroatoms. The summed E-state index contributed by atoms with van der Waals surface area (Å²) in [5.74, 6) is 0. The van der Waals surface area contributed by atoms with Crippen LogP contribution < -0.4 is 0 Å². The number of rotatable bonds is 0. The predicted octanol–water partition coefficient (Wildman–Crippen LogP) is 7.88. The lowest BCUT2D eigenvalue weighted by Gasteiger charge is -2.78. The number of hydrogen-bond donors (Lipinski definition) is 0. The van der Waals surface area contributed by atoms with Gasteiger partial charge in [-0.05, 0) is 63.6 Å². The molecule has 3 rings (SSSR count). The molecule has 2 saturated carbocycles. The third-order valence-corrected chi connectivity index (χ3v) is 13.2. The van der Waals surface area contributed by atoms with E-state index in [1.54, 1.807) is 11.1 Å². The zero-order valence-corrected chi connectivity index (χ0v) is 19.7. The third-order valence-electron chi connectivity index (χ3n) is 13.2. The zero-order valence-electron chi connectivity index (χ0n) is 19.7. The Balaban J connectivity index is 2.68. The number of hydrogen-bond acceptors (Lipinski definition) is 0. The van der Waals surface area contributed by atoms with E-state index in [9.17, 15) is 0 Å². The molecule has 0 saturated heterocycles. The van der Waals surface area contributed by atoms with E-state index in [-0.39, 0.29) is 37.9 Å². The summed E-state index contributed by atoms with van der Waals surface area (Å²) in [6.45, 7) is 36.2. The molecule has 0 aromatic heterocycles. The quantitative estimate of drug-likeness (QED) is 0.392. The van der Waals surface area contributed by atoms with Crippen LogP contribution in [0.3, 0.4) is 0 Å². The first-order valence-electron chi connectivity index (χ1n) is 10.5. The van der Waals surface area contributed by atoms with E-state index < -0.39 is 0 Å². The first-order valence-corrected chi connectivity index (χ1v) is 10.5. The molecule has 3 aliphatic carbocycles. The topological polar surface area (TPSA) is 0 Å². The van der Waals surface area contributed by atoms with Crippen molar-refractivity contribution in [2.45, 2.75) is 103 Å². The molecule has 0 nitrogen and oxygen atoms in total. The van der Waals surface area contributed by atoms with Crippen LogP contribution in [-0.4, -0.2) is 0 Å². The molecule has 144 valence electrons. The molecule has 0 heterocycles. The minimum atomic E-state index is 0.197. The van der Waals surface area contributed by atoms with E-state index in [4.69, 9.17) is 0 Å². The van der Waals surface area contributed by atoms with E-state index in [1.807, 2.05) is 0 Å². The van der Waals surface area contributed by atoms with Crippen molar-refractivity contribution in [2.24, 2.45) is 43.3 Å². The van der Waals surface area contributed by atoms with E-state index in [0.29, 0.717) is 5.41 Å². The Morgan fingerprint density at radius 1 is 0.520 bits per heavy atom. The van der Waals surface area contributed by atoms with Crippen LogP contribution in [0.1, 0.15) is 103 Å². The fourth-order valence-corrected chi connectivity index (χ4v) is 9.54. The van der Waals surface area contributed by atoms with E-state index in [1.165, 1.54) is 6.42 Å². The van der Waals surface area contributed by atoms with Crippen LogP contribution in [0.15, 0.2) is 11.1 Å². The maximum Gasteiger partial charge on any atom is -0.0000707 e. The second-order valence-electron chi connectivity index (χ2n) is 12.8. The summed E-state index contributed by atoms with van der Waals surface area (Å²) in [5.41, 5.74) is 5.33. The Labute approximate surface area is 158 Å². The van der Waals surface area contributed by atoms with Crippen LogP contribution in [0.2, 0.25) is 0 Å². The number of allylic oxidation sites excluding steroid dienone is 2. The van der Waals surface area contributed by atoms with Crippen LogP contribution in [0, 0.1) is 43.3 Å². The fourth-order valence-electron chi connectivity index (χ4n) is 9.54. The molecule has 4 atom stereocenters. The van der Waals surface area contributed by atoms with Crippen molar-refractivity contribution in [3.63, 3.8) is 0 Å². The van der Waals surface area contributed by atoms with Crippen molar-refractivity contribution in [3.05, 3.63) is 11.1 Å². The predicted molar refractivity (Wildman–Crippen MR) is 111 cm³/mol. The van der Waals surface area contributed by atoms with Crippen LogP contribution in [-0.2, 0) is 0 Å². The molecule has 2 fully saturated rings. The fraction of sp³-hybridized carbons (Fsp3) is 0.920. The molecule has 3 aliphatic rings. The Bertz CT molecular complexity index is 685. The molecule has 0 aromatic rings. The standard InChI is InChI=1S/C25H44/c1-16-17(2)24(13)19(5,6)20(7,8)25(14)21(9,10)23(24,12)15-22(25,11)18(16,3)4/h15H2,1-14H3. The van der Waals surface area contributed by atoms with Gasteiger partial charge in [0.15, 0.2) is 0 Å². The highest BCUT2D eigenvalue weighted by Crippen LogP contribution is 2.93. The van der Waals surface area contributed by atoms with Crippen LogP contribution in [0.25, 0.3) is 0 Å². The molecule has 0 amide bonds. The molecule has 0 spiro atoms. The van der Waals surface area contributed by atoms with Gasteiger partial charge in [-0.15, -0.1) is 0 Å². The molecule has 0 N–H and O–H groups in total. The van der Waals surface area contributed by atoms with Crippen molar-refractivity contribution in [2.75, 3.05) is 0 Å². The summed E-state index contributed by atoms with van der Waals surface area (Å²) in [5, 5.41) is 0. The van der Waals surface area contributed by atoms with Gasteiger partial charge in [-0.3, -0.25) is 0 Å². The lowest BCUT2D eigenvalue weighted by Crippen LogP contribution is -2.72. The lowest BCUT2D eigenvalue weighted by molar-refractivity contribution is -0.278. The lowest BCUT2D eigenvalue weighted by atomic mass is 9.26. The highest BCUT2D eigenvalue weighted by molar-refractivity contribution is 5.45. The Kier molecular flexibility index (Phi) is 3.20. The molecular formula is C25H44. The normalized spacial score (nSPS) is 51.6. The summed E-state index contributed by atoms with van der Waals surface area (Å²) in [6, 6.07) is 0. The van der Waals surface area contributed by atoms with Gasteiger partial charge in [0, 0.05) is 0 Å². The van der Waals surface area contributed by atoms with Crippen LogP contribution in [0.4, 0.5) is 0 Å². The molecule has 0 radical (unpaired) electrons. The smallest absolute Gasteiger partial charge is 0.0000707 e. The summed E-state index contributed by atoms with van der Waals surface area (Å²) in [6.07, 6.45) is 1.33. The average molecular weight is 345 g/mol. The zero-order chi connectivity index (χ0) is 19.9.